The largest absolute Gasteiger partial charge is 0.497 e. The molecule has 0 unspecified atom stereocenters. The maximum absolute atomic E-state index is 5.82. The number of nitrogens with two attached hydrogens (primary N) is 1. The van der Waals surface area contributed by atoms with E-state index in [1.165, 1.54) is 0 Å². The average Bonchev–Trinajstić information content (AvgIpc) is 2.74. The molecule has 1 aromatic carbocycles. The lowest BCUT2D eigenvalue weighted by molar-refractivity contribution is 0.301. The van der Waals surface area contributed by atoms with E-state index in [9.17, 15) is 0 Å². The Labute approximate surface area is 104 Å². The first-order chi connectivity index (χ1) is 8.19. The van der Waals surface area contributed by atoms with Gasteiger partial charge in [0.2, 0.25) is 0 Å². The molecule has 2 aromatic rings. The number of hydrogen-bond acceptors (Lipinski definition) is 5. The molecule has 0 fully saturated rings. The third kappa shape index (κ3) is 2.88. The highest BCUT2D eigenvalue weighted by Crippen LogP contribution is 2.27. The van der Waals surface area contributed by atoms with Crippen LogP contribution in [0.15, 0.2) is 23.6 Å². The predicted octanol–water partition coefficient (Wildman–Crippen LogP) is 2.62. The molecule has 2 rings (SSSR count). The van der Waals surface area contributed by atoms with Gasteiger partial charge in [-0.2, -0.15) is 0 Å². The minimum Gasteiger partial charge on any atom is -0.497 e. The summed E-state index contributed by atoms with van der Waals surface area (Å²) in [5, 5.41) is 3.01. The van der Waals surface area contributed by atoms with Crippen LogP contribution in [0.25, 0.3) is 0 Å². The van der Waals surface area contributed by atoms with Gasteiger partial charge in [-0.1, -0.05) is 0 Å². The smallest absolute Gasteiger partial charge is 0.146 e. The van der Waals surface area contributed by atoms with E-state index in [1.54, 1.807) is 36.6 Å². The van der Waals surface area contributed by atoms with Crippen molar-refractivity contribution < 1.29 is 9.47 Å². The Bertz CT molecular complexity index is 511. The lowest BCUT2D eigenvalue weighted by Gasteiger charge is -2.09. The van der Waals surface area contributed by atoms with E-state index in [-0.39, 0.29) is 0 Å². The first-order valence-corrected chi connectivity index (χ1v) is 6.04. The van der Waals surface area contributed by atoms with Gasteiger partial charge >= 0.3 is 0 Å². The summed E-state index contributed by atoms with van der Waals surface area (Å²) in [5.74, 6) is 1.35. The minimum atomic E-state index is 0.418. The van der Waals surface area contributed by atoms with Crippen molar-refractivity contribution in [3.63, 3.8) is 0 Å². The van der Waals surface area contributed by atoms with E-state index in [0.29, 0.717) is 18.0 Å². The van der Waals surface area contributed by atoms with Crippen molar-refractivity contribution in [2.24, 2.45) is 0 Å². The van der Waals surface area contributed by atoms with Crippen molar-refractivity contribution in [2.45, 2.75) is 13.5 Å². The van der Waals surface area contributed by atoms with Crippen LogP contribution in [-0.2, 0) is 6.61 Å². The summed E-state index contributed by atoms with van der Waals surface area (Å²) in [5.41, 5.74) is 7.32. The van der Waals surface area contributed by atoms with Crippen molar-refractivity contribution >= 4 is 17.0 Å². The molecule has 1 aromatic heterocycles. The molecule has 2 N–H and O–H groups in total. The number of hydrogen-bond donors (Lipinski definition) is 1. The fourth-order valence-electron chi connectivity index (χ4n) is 1.39. The number of nitrogens with zero attached hydrogens (tertiary/aromatic N) is 1. The molecule has 0 aliphatic heterocycles. The quantitative estimate of drug-likeness (QED) is 0.847. The molecule has 17 heavy (non-hydrogen) atoms. The maximum Gasteiger partial charge on any atom is 0.146 e. The number of thiazole rings is 1. The number of methoxy groups -OCH3 is 1. The highest BCUT2D eigenvalue weighted by atomic mass is 32.1. The van der Waals surface area contributed by atoms with Crippen LogP contribution in [0.2, 0.25) is 0 Å². The van der Waals surface area contributed by atoms with Crippen molar-refractivity contribution in [3.05, 3.63) is 34.3 Å². The highest BCUT2D eigenvalue weighted by molar-refractivity contribution is 7.09. The summed E-state index contributed by atoms with van der Waals surface area (Å²) in [6.45, 7) is 2.38. The predicted molar refractivity (Wildman–Crippen MR) is 68.6 cm³/mol. The van der Waals surface area contributed by atoms with Crippen LogP contribution in [0.1, 0.15) is 10.7 Å². The van der Waals surface area contributed by atoms with Gasteiger partial charge in [-0.15, -0.1) is 11.3 Å². The fraction of sp³-hybridized carbons (Fsp3) is 0.250. The number of anilines is 1. The van der Waals surface area contributed by atoms with Gasteiger partial charge < -0.3 is 15.2 Å². The highest BCUT2D eigenvalue weighted by Gasteiger charge is 2.04. The Morgan fingerprint density at radius 1 is 1.41 bits per heavy atom. The van der Waals surface area contributed by atoms with E-state index >= 15 is 0 Å². The number of aromatic nitrogens is 1. The summed E-state index contributed by atoms with van der Waals surface area (Å²) in [4.78, 5) is 4.32. The second kappa shape index (κ2) is 5.05. The van der Waals surface area contributed by atoms with Crippen LogP contribution in [0.4, 0.5) is 5.69 Å². The summed E-state index contributed by atoms with van der Waals surface area (Å²) >= 11 is 1.60. The first-order valence-electron chi connectivity index (χ1n) is 5.16. The number of aryl methyl sites for hydroxylation is 1. The molecule has 0 saturated heterocycles. The minimum absolute atomic E-state index is 0.418. The lowest BCUT2D eigenvalue weighted by Crippen LogP contribution is -1.99. The molecular weight excluding hydrogens is 236 g/mol. The van der Waals surface area contributed by atoms with E-state index < -0.39 is 0 Å². The number of benzene rings is 1. The van der Waals surface area contributed by atoms with Crippen molar-refractivity contribution in [1.29, 1.82) is 0 Å². The van der Waals surface area contributed by atoms with Gasteiger partial charge in [0.15, 0.2) is 0 Å². The molecule has 0 bridgehead atoms. The summed E-state index contributed by atoms with van der Waals surface area (Å²) in [6.07, 6.45) is 0. The van der Waals surface area contributed by atoms with E-state index in [2.05, 4.69) is 4.98 Å². The second-order valence-corrected chi connectivity index (χ2v) is 4.61. The van der Waals surface area contributed by atoms with Crippen molar-refractivity contribution in [2.75, 3.05) is 12.8 Å². The Morgan fingerprint density at radius 2 is 2.24 bits per heavy atom. The van der Waals surface area contributed by atoms with Crippen LogP contribution in [0, 0.1) is 6.92 Å². The van der Waals surface area contributed by atoms with E-state index in [4.69, 9.17) is 15.2 Å². The van der Waals surface area contributed by atoms with Gasteiger partial charge in [-0.25, -0.2) is 4.98 Å². The average molecular weight is 250 g/mol. The van der Waals surface area contributed by atoms with Crippen molar-refractivity contribution in [1.82, 2.24) is 4.98 Å². The van der Waals surface area contributed by atoms with Gasteiger partial charge in [0.05, 0.1) is 23.5 Å². The van der Waals surface area contributed by atoms with Crippen LogP contribution in [0.5, 0.6) is 11.5 Å². The third-order valence-electron chi connectivity index (χ3n) is 2.26. The second-order valence-electron chi connectivity index (χ2n) is 3.55. The van der Waals surface area contributed by atoms with Crippen LogP contribution in [-0.4, -0.2) is 12.1 Å². The molecule has 0 amide bonds. The number of ether oxygens (including phenoxy) is 2. The Balaban J connectivity index is 2.07. The van der Waals surface area contributed by atoms with Crippen LogP contribution >= 0.6 is 11.3 Å². The summed E-state index contributed by atoms with van der Waals surface area (Å²) < 4.78 is 10.7. The zero-order valence-corrected chi connectivity index (χ0v) is 10.6. The van der Waals surface area contributed by atoms with E-state index in [0.717, 1.165) is 16.5 Å². The zero-order chi connectivity index (χ0) is 12.3. The summed E-state index contributed by atoms with van der Waals surface area (Å²) in [6, 6.07) is 5.34. The zero-order valence-electron chi connectivity index (χ0n) is 9.77. The van der Waals surface area contributed by atoms with Crippen molar-refractivity contribution in [3.8, 4) is 11.5 Å². The fourth-order valence-corrected chi connectivity index (χ4v) is 1.99. The number of nitrogen functional groups attached to an aromatic ring is 1. The molecule has 0 radical (unpaired) electrons. The SMILES string of the molecule is COc1ccc(N)c(OCc2csc(C)n2)c1. The third-order valence-corrected chi connectivity index (χ3v) is 3.09. The van der Waals surface area contributed by atoms with E-state index in [1.807, 2.05) is 12.3 Å². The van der Waals surface area contributed by atoms with Crippen LogP contribution < -0.4 is 15.2 Å². The molecule has 4 nitrogen and oxygen atoms in total. The molecule has 0 aliphatic carbocycles. The topological polar surface area (TPSA) is 57.4 Å². The first kappa shape index (κ1) is 11.7. The Morgan fingerprint density at radius 3 is 2.88 bits per heavy atom. The monoisotopic (exact) mass is 250 g/mol. The summed E-state index contributed by atoms with van der Waals surface area (Å²) in [7, 11) is 1.61. The molecule has 5 heteroatoms. The molecule has 90 valence electrons. The number of rotatable bonds is 4. The Hall–Kier alpha value is -1.75. The van der Waals surface area contributed by atoms with Gasteiger partial charge in [0.25, 0.3) is 0 Å². The van der Waals surface area contributed by atoms with Crippen LogP contribution in [0.3, 0.4) is 0 Å². The molecule has 0 saturated carbocycles. The molecule has 0 aliphatic rings. The van der Waals surface area contributed by atoms with Gasteiger partial charge in [-0.05, 0) is 19.1 Å². The molecular formula is C12H14N2O2S. The normalized spacial score (nSPS) is 10.2. The van der Waals surface area contributed by atoms with Gasteiger partial charge in [0, 0.05) is 11.4 Å². The Kier molecular flexibility index (Phi) is 3.49. The molecule has 1 heterocycles. The molecule has 0 spiro atoms. The maximum atomic E-state index is 5.82. The van der Waals surface area contributed by atoms with Gasteiger partial charge in [-0.3, -0.25) is 0 Å². The molecule has 0 atom stereocenters. The lowest BCUT2D eigenvalue weighted by atomic mass is 10.3. The standard InChI is InChI=1S/C12H14N2O2S/c1-8-14-9(7-17-8)6-16-12-5-10(15-2)3-4-11(12)13/h3-5,7H,6,13H2,1-2H3. The van der Waals surface area contributed by atoms with Gasteiger partial charge in [0.1, 0.15) is 18.1 Å².